The fraction of sp³-hybridized carbons (Fsp3) is 0.421. The molecule has 1 aromatic heterocycles. The van der Waals surface area contributed by atoms with E-state index in [1.165, 1.54) is 4.88 Å². The van der Waals surface area contributed by atoms with Crippen LogP contribution < -0.4 is 4.74 Å². The molecule has 1 aliphatic heterocycles. The number of nitrogens with zero attached hydrogens (tertiary/aromatic N) is 1. The molecule has 4 nitrogen and oxygen atoms in total. The van der Waals surface area contributed by atoms with Gasteiger partial charge in [0, 0.05) is 26.3 Å². The second-order valence-corrected chi connectivity index (χ2v) is 8.44. The van der Waals surface area contributed by atoms with Gasteiger partial charge in [0.15, 0.2) is 0 Å². The van der Waals surface area contributed by atoms with Crippen molar-refractivity contribution < 1.29 is 14.6 Å². The number of hydrogen-bond donors (Lipinski definition) is 1. The number of benzene rings is 1. The van der Waals surface area contributed by atoms with Gasteiger partial charge in [-0.25, -0.2) is 0 Å². The fourth-order valence-corrected chi connectivity index (χ4v) is 4.88. The van der Waals surface area contributed by atoms with Gasteiger partial charge in [-0.2, -0.15) is 0 Å². The number of hydrogen-bond acceptors (Lipinski definition) is 4. The van der Waals surface area contributed by atoms with Crippen molar-refractivity contribution in [1.82, 2.24) is 4.90 Å². The molecular weight excluding hydrogens is 402 g/mol. The minimum Gasteiger partial charge on any atom is -0.494 e. The van der Waals surface area contributed by atoms with Gasteiger partial charge >= 0.3 is 5.97 Å². The smallest absolute Gasteiger partial charge is 0.320 e. The lowest BCUT2D eigenvalue weighted by Crippen LogP contribution is -2.39. The molecule has 2 unspecified atom stereocenters. The van der Waals surface area contributed by atoms with Crippen molar-refractivity contribution in [2.24, 2.45) is 0 Å². The first-order valence-electron chi connectivity index (χ1n) is 8.48. The lowest BCUT2D eigenvalue weighted by molar-refractivity contribution is -0.142. The second kappa shape index (κ2) is 7.89. The lowest BCUT2D eigenvalue weighted by atomic mass is 10.0. The highest BCUT2D eigenvalue weighted by Crippen LogP contribution is 2.42. The zero-order valence-corrected chi connectivity index (χ0v) is 16.8. The Bertz CT molecular complexity index is 761. The fourth-order valence-electron chi connectivity index (χ4n) is 3.48. The predicted octanol–water partition coefficient (Wildman–Crippen LogP) is 4.86. The third-order valence-corrected chi connectivity index (χ3v) is 6.05. The van der Waals surface area contributed by atoms with Crippen molar-refractivity contribution in [2.45, 2.75) is 38.8 Å². The van der Waals surface area contributed by atoms with Gasteiger partial charge in [-0.15, -0.1) is 11.3 Å². The summed E-state index contributed by atoms with van der Waals surface area (Å²) >= 11 is 5.28. The first kappa shape index (κ1) is 18.4. The maximum absolute atomic E-state index is 11.8. The Labute approximate surface area is 160 Å². The summed E-state index contributed by atoms with van der Waals surface area (Å²) in [4.78, 5) is 16.3. The molecule has 2 atom stereocenters. The molecule has 2 heterocycles. The topological polar surface area (TPSA) is 49.8 Å². The van der Waals surface area contributed by atoms with E-state index in [-0.39, 0.29) is 6.04 Å². The minimum atomic E-state index is -0.747. The van der Waals surface area contributed by atoms with Crippen LogP contribution in [0.15, 0.2) is 34.8 Å². The third kappa shape index (κ3) is 3.91. The van der Waals surface area contributed by atoms with E-state index in [1.54, 1.807) is 11.3 Å². The van der Waals surface area contributed by atoms with Gasteiger partial charge in [-0.3, -0.25) is 9.69 Å². The summed E-state index contributed by atoms with van der Waals surface area (Å²) in [7, 11) is 0. The Morgan fingerprint density at radius 3 is 2.88 bits per heavy atom. The molecule has 0 radical (unpaired) electrons. The molecular formula is C19H22BrNO3S. The zero-order chi connectivity index (χ0) is 18.0. The molecule has 0 bridgehead atoms. The van der Waals surface area contributed by atoms with Gasteiger partial charge in [0.1, 0.15) is 11.8 Å². The van der Waals surface area contributed by atoms with Gasteiger partial charge in [-0.1, -0.05) is 15.9 Å². The number of thiophene rings is 1. The van der Waals surface area contributed by atoms with E-state index in [0.29, 0.717) is 13.0 Å². The van der Waals surface area contributed by atoms with Crippen LogP contribution in [0.2, 0.25) is 0 Å². The molecule has 0 spiro atoms. The van der Waals surface area contributed by atoms with Crippen molar-refractivity contribution in [3.05, 3.63) is 50.1 Å². The molecule has 1 saturated heterocycles. The van der Waals surface area contributed by atoms with E-state index in [1.807, 2.05) is 19.1 Å². The van der Waals surface area contributed by atoms with E-state index in [0.717, 1.165) is 33.6 Å². The summed E-state index contributed by atoms with van der Waals surface area (Å²) in [6, 6.07) is 9.62. The molecule has 3 rings (SSSR count). The average molecular weight is 424 g/mol. The maximum Gasteiger partial charge on any atom is 0.320 e. The third-order valence-electron chi connectivity index (χ3n) is 4.51. The number of halogens is 1. The van der Waals surface area contributed by atoms with Crippen LogP contribution >= 0.6 is 27.3 Å². The number of likely N-dealkylation sites (tertiary alicyclic amines) is 1. The number of aryl methyl sites for hydroxylation is 1. The molecule has 1 aliphatic rings. The largest absolute Gasteiger partial charge is 0.494 e. The van der Waals surface area contributed by atoms with E-state index in [2.05, 4.69) is 46.0 Å². The highest BCUT2D eigenvalue weighted by Gasteiger charge is 2.38. The Morgan fingerprint density at radius 1 is 1.44 bits per heavy atom. The molecule has 134 valence electrons. The van der Waals surface area contributed by atoms with Crippen LogP contribution in [0.25, 0.3) is 0 Å². The van der Waals surface area contributed by atoms with E-state index >= 15 is 0 Å². The Hall–Kier alpha value is -1.37. The summed E-state index contributed by atoms with van der Waals surface area (Å²) < 4.78 is 6.83. The number of rotatable bonds is 6. The van der Waals surface area contributed by atoms with Crippen molar-refractivity contribution in [1.29, 1.82) is 0 Å². The van der Waals surface area contributed by atoms with Gasteiger partial charge in [-0.05, 0) is 57.0 Å². The number of carboxylic acid groups (broad SMARTS) is 1. The van der Waals surface area contributed by atoms with Crippen LogP contribution in [0.5, 0.6) is 5.75 Å². The van der Waals surface area contributed by atoms with Crippen molar-refractivity contribution >= 4 is 33.2 Å². The summed E-state index contributed by atoms with van der Waals surface area (Å²) in [6.45, 7) is 5.39. The molecule has 1 fully saturated rings. The summed E-state index contributed by atoms with van der Waals surface area (Å²) in [5.74, 6) is 0.0709. The van der Waals surface area contributed by atoms with Gasteiger partial charge in [0.2, 0.25) is 0 Å². The molecule has 1 N–H and O–H groups in total. The zero-order valence-electron chi connectivity index (χ0n) is 14.4. The van der Waals surface area contributed by atoms with Crippen molar-refractivity contribution in [3.63, 3.8) is 0 Å². The number of carboxylic acids is 1. The molecule has 6 heteroatoms. The predicted molar refractivity (Wildman–Crippen MR) is 104 cm³/mol. The minimum absolute atomic E-state index is 0.110. The molecule has 1 aromatic carbocycles. The first-order valence-corrected chi connectivity index (χ1v) is 10.1. The van der Waals surface area contributed by atoms with Crippen molar-refractivity contribution in [3.8, 4) is 5.75 Å². The number of ether oxygens (including phenoxy) is 1. The van der Waals surface area contributed by atoms with Gasteiger partial charge in [0.05, 0.1) is 12.6 Å². The van der Waals surface area contributed by atoms with Gasteiger partial charge in [0.25, 0.3) is 0 Å². The Balaban J connectivity index is 2.12. The number of carbonyl (C=O) groups is 1. The SMILES string of the molecule is CCOc1ccc(Br)cc1C(c1ccc(C)s1)N1CCCC1C(=O)O. The quantitative estimate of drug-likeness (QED) is 0.720. The highest BCUT2D eigenvalue weighted by atomic mass is 79.9. The van der Waals surface area contributed by atoms with Crippen molar-refractivity contribution in [2.75, 3.05) is 13.2 Å². The Kier molecular flexibility index (Phi) is 5.81. The summed E-state index contributed by atoms with van der Waals surface area (Å²) in [6.07, 6.45) is 1.59. The van der Waals surface area contributed by atoms with Crippen LogP contribution in [0.4, 0.5) is 0 Å². The molecule has 0 aliphatic carbocycles. The molecule has 0 saturated carbocycles. The number of aliphatic carboxylic acids is 1. The average Bonchev–Trinajstić information content (AvgIpc) is 3.20. The van der Waals surface area contributed by atoms with Crippen LogP contribution in [0.3, 0.4) is 0 Å². The first-order chi connectivity index (χ1) is 12.0. The molecule has 0 amide bonds. The molecule has 25 heavy (non-hydrogen) atoms. The van der Waals surface area contributed by atoms with Crippen LogP contribution in [0, 0.1) is 6.92 Å². The van der Waals surface area contributed by atoms with Gasteiger partial charge < -0.3 is 9.84 Å². The molecule has 2 aromatic rings. The van der Waals surface area contributed by atoms with E-state index in [9.17, 15) is 9.90 Å². The highest BCUT2D eigenvalue weighted by molar-refractivity contribution is 9.10. The summed E-state index contributed by atoms with van der Waals surface area (Å²) in [5, 5.41) is 9.68. The van der Waals surface area contributed by atoms with Crippen LogP contribution in [-0.2, 0) is 4.79 Å². The monoisotopic (exact) mass is 423 g/mol. The second-order valence-electron chi connectivity index (χ2n) is 6.20. The Morgan fingerprint density at radius 2 is 2.24 bits per heavy atom. The maximum atomic E-state index is 11.8. The van der Waals surface area contributed by atoms with Crippen LogP contribution in [0.1, 0.15) is 41.1 Å². The van der Waals surface area contributed by atoms with Crippen LogP contribution in [-0.4, -0.2) is 35.2 Å². The van der Waals surface area contributed by atoms with E-state index < -0.39 is 12.0 Å². The van der Waals surface area contributed by atoms with E-state index in [4.69, 9.17) is 4.74 Å². The normalized spacial score (nSPS) is 19.1. The standard InChI is InChI=1S/C19H22BrNO3S/c1-3-24-16-8-7-13(20)11-14(16)18(17-9-6-12(2)25-17)21-10-4-5-15(21)19(22)23/h6-9,11,15,18H,3-5,10H2,1-2H3,(H,22,23). The summed E-state index contributed by atoms with van der Waals surface area (Å²) in [5.41, 5.74) is 1.02. The lowest BCUT2D eigenvalue weighted by Gasteiger charge is -2.32.